The molecule has 0 spiro atoms. The summed E-state index contributed by atoms with van der Waals surface area (Å²) in [6.45, 7) is 5.21. The quantitative estimate of drug-likeness (QED) is 0.582. The third-order valence-electron chi connectivity index (χ3n) is 4.52. The van der Waals surface area contributed by atoms with E-state index in [4.69, 9.17) is 0 Å². The first-order valence-corrected chi connectivity index (χ1v) is 10.4. The van der Waals surface area contributed by atoms with Crippen LogP contribution in [0.5, 0.6) is 0 Å². The number of nitrogens with zero attached hydrogens (tertiary/aromatic N) is 2. The van der Waals surface area contributed by atoms with Crippen molar-refractivity contribution in [2.75, 3.05) is 32.4 Å². The molecule has 1 saturated heterocycles. The smallest absolute Gasteiger partial charge is 0.222 e. The zero-order valence-corrected chi connectivity index (χ0v) is 16.5. The maximum Gasteiger partial charge on any atom is 0.222 e. The van der Waals surface area contributed by atoms with E-state index in [-0.39, 0.29) is 11.7 Å². The molecule has 1 aromatic carbocycles. The third-order valence-corrected chi connectivity index (χ3v) is 7.06. The van der Waals surface area contributed by atoms with Crippen molar-refractivity contribution in [2.45, 2.75) is 31.6 Å². The van der Waals surface area contributed by atoms with Crippen LogP contribution < -0.4 is 10.6 Å². The van der Waals surface area contributed by atoms with E-state index in [2.05, 4.69) is 15.6 Å². The molecule has 2 rings (SSSR count). The van der Waals surface area contributed by atoms with Gasteiger partial charge in [-0.1, -0.05) is 30.3 Å². The van der Waals surface area contributed by atoms with Gasteiger partial charge in [-0.15, -0.1) is 0 Å². The second kappa shape index (κ2) is 8.53. The van der Waals surface area contributed by atoms with Crippen molar-refractivity contribution in [1.29, 1.82) is 0 Å². The van der Waals surface area contributed by atoms with Crippen molar-refractivity contribution in [1.82, 2.24) is 15.5 Å². The van der Waals surface area contributed by atoms with Gasteiger partial charge in [-0.3, -0.25) is 9.79 Å². The Morgan fingerprint density at radius 3 is 2.54 bits per heavy atom. The Kier molecular flexibility index (Phi) is 6.63. The minimum Gasteiger partial charge on any atom is -0.356 e. The number of benzene rings is 1. The number of rotatable bonds is 5. The van der Waals surface area contributed by atoms with E-state index < -0.39 is 14.6 Å². The molecule has 1 aliphatic rings. The van der Waals surface area contributed by atoms with Gasteiger partial charge >= 0.3 is 0 Å². The molecule has 2 N–H and O–H groups in total. The van der Waals surface area contributed by atoms with Crippen molar-refractivity contribution in [3.05, 3.63) is 35.9 Å². The fraction of sp³-hybridized carbons (Fsp3) is 0.556. The standard InChI is InChI=1S/C18H28N4O3S/c1-18(2)14-22(11-12-26(18,24)25)17(19-3)20-10-9-16(23)21-13-15-7-5-4-6-8-15/h4-8H,9-14H2,1-3H3,(H,19,20)(H,21,23). The highest BCUT2D eigenvalue weighted by molar-refractivity contribution is 7.92. The number of aliphatic imine (C=N–C) groups is 1. The first-order valence-electron chi connectivity index (χ1n) is 8.74. The van der Waals surface area contributed by atoms with E-state index in [9.17, 15) is 13.2 Å². The Hall–Kier alpha value is -2.09. The van der Waals surface area contributed by atoms with Crippen molar-refractivity contribution in [2.24, 2.45) is 4.99 Å². The van der Waals surface area contributed by atoms with E-state index >= 15 is 0 Å². The zero-order chi connectivity index (χ0) is 19.2. The molecule has 0 aromatic heterocycles. The Morgan fingerprint density at radius 1 is 1.23 bits per heavy atom. The molecule has 1 heterocycles. The predicted molar refractivity (Wildman–Crippen MR) is 104 cm³/mol. The molecule has 0 unspecified atom stereocenters. The Balaban J connectivity index is 1.78. The molecule has 1 amide bonds. The highest BCUT2D eigenvalue weighted by atomic mass is 32.2. The highest BCUT2D eigenvalue weighted by Gasteiger charge is 2.40. The summed E-state index contributed by atoms with van der Waals surface area (Å²) in [5.74, 6) is 0.695. The lowest BCUT2D eigenvalue weighted by Crippen LogP contribution is -2.57. The van der Waals surface area contributed by atoms with Crippen molar-refractivity contribution in [3.63, 3.8) is 0 Å². The number of sulfone groups is 1. The Labute approximate surface area is 155 Å². The van der Waals surface area contributed by atoms with Gasteiger partial charge in [0.05, 0.1) is 10.5 Å². The summed E-state index contributed by atoms with van der Waals surface area (Å²) in [7, 11) is -1.43. The number of guanidine groups is 1. The predicted octanol–water partition coefficient (Wildman–Crippen LogP) is 0.777. The third kappa shape index (κ3) is 5.20. The average molecular weight is 381 g/mol. The molecule has 0 bridgehead atoms. The van der Waals surface area contributed by atoms with Gasteiger partial charge in [0.15, 0.2) is 15.8 Å². The summed E-state index contributed by atoms with van der Waals surface area (Å²) in [6, 6.07) is 9.74. The largest absolute Gasteiger partial charge is 0.356 e. The van der Waals surface area contributed by atoms with Crippen molar-refractivity contribution in [3.8, 4) is 0 Å². The molecule has 144 valence electrons. The normalized spacial score (nSPS) is 19.0. The second-order valence-electron chi connectivity index (χ2n) is 6.99. The molecule has 8 heteroatoms. The van der Waals surface area contributed by atoms with E-state index in [0.717, 1.165) is 5.56 Å². The van der Waals surface area contributed by atoms with Gasteiger partial charge in [-0.25, -0.2) is 8.42 Å². The topological polar surface area (TPSA) is 90.9 Å². The molecule has 0 aliphatic carbocycles. The molecule has 1 aliphatic heterocycles. The summed E-state index contributed by atoms with van der Waals surface area (Å²) in [5.41, 5.74) is 1.06. The van der Waals surface area contributed by atoms with Crippen molar-refractivity contribution < 1.29 is 13.2 Å². The molecular formula is C18H28N4O3S. The van der Waals surface area contributed by atoms with Gasteiger partial charge in [-0.2, -0.15) is 0 Å². The lowest BCUT2D eigenvalue weighted by molar-refractivity contribution is -0.121. The maximum atomic E-state index is 12.1. The molecule has 1 aromatic rings. The lowest BCUT2D eigenvalue weighted by atomic mass is 10.2. The second-order valence-corrected chi connectivity index (χ2v) is 9.73. The van der Waals surface area contributed by atoms with E-state index in [0.29, 0.717) is 38.6 Å². The van der Waals surface area contributed by atoms with Gasteiger partial charge in [0, 0.05) is 39.6 Å². The molecule has 1 fully saturated rings. The Bertz CT molecular complexity index is 745. The molecule has 0 radical (unpaired) electrons. The molecule has 0 atom stereocenters. The van der Waals surface area contributed by atoms with Crippen LogP contribution in [0.1, 0.15) is 25.8 Å². The van der Waals surface area contributed by atoms with E-state index in [1.165, 1.54) is 0 Å². The summed E-state index contributed by atoms with van der Waals surface area (Å²) >= 11 is 0. The first-order chi connectivity index (χ1) is 12.2. The Morgan fingerprint density at radius 2 is 1.92 bits per heavy atom. The van der Waals surface area contributed by atoms with E-state index in [1.807, 2.05) is 35.2 Å². The van der Waals surface area contributed by atoms with Crippen molar-refractivity contribution >= 4 is 21.7 Å². The molecular weight excluding hydrogens is 352 g/mol. The van der Waals surface area contributed by atoms with Gasteiger partial charge in [-0.05, 0) is 19.4 Å². The minimum absolute atomic E-state index is 0.0432. The van der Waals surface area contributed by atoms with Crippen LogP contribution in [-0.4, -0.2) is 62.4 Å². The van der Waals surface area contributed by atoms with Crippen LogP contribution in [0.4, 0.5) is 0 Å². The monoisotopic (exact) mass is 380 g/mol. The number of hydrogen-bond acceptors (Lipinski definition) is 4. The fourth-order valence-electron chi connectivity index (χ4n) is 2.83. The maximum absolute atomic E-state index is 12.1. The molecule has 0 saturated carbocycles. The number of nitrogens with one attached hydrogen (secondary N) is 2. The van der Waals surface area contributed by atoms with Crippen LogP contribution in [0.2, 0.25) is 0 Å². The number of carbonyl (C=O) groups excluding carboxylic acids is 1. The summed E-state index contributed by atoms with van der Waals surface area (Å²) in [4.78, 5) is 18.1. The summed E-state index contributed by atoms with van der Waals surface area (Å²) in [5, 5.41) is 6.04. The summed E-state index contributed by atoms with van der Waals surface area (Å²) in [6.07, 6.45) is 0.321. The first kappa shape index (κ1) is 20.2. The van der Waals surface area contributed by atoms with Crippen LogP contribution in [0.15, 0.2) is 35.3 Å². The zero-order valence-electron chi connectivity index (χ0n) is 15.7. The van der Waals surface area contributed by atoms with Gasteiger partial charge in [0.2, 0.25) is 5.91 Å². The molecule has 26 heavy (non-hydrogen) atoms. The van der Waals surface area contributed by atoms with Gasteiger partial charge in [0.25, 0.3) is 0 Å². The lowest BCUT2D eigenvalue weighted by Gasteiger charge is -2.39. The SMILES string of the molecule is CN=C(NCCC(=O)NCc1ccccc1)N1CCS(=O)(=O)C(C)(C)C1. The van der Waals surface area contributed by atoms with Crippen LogP contribution in [0, 0.1) is 0 Å². The average Bonchev–Trinajstić information content (AvgIpc) is 2.60. The minimum atomic E-state index is -3.09. The van der Waals surface area contributed by atoms with Gasteiger partial charge < -0.3 is 15.5 Å². The summed E-state index contributed by atoms with van der Waals surface area (Å²) < 4.78 is 23.4. The van der Waals surface area contributed by atoms with Crippen LogP contribution in [-0.2, 0) is 21.2 Å². The van der Waals surface area contributed by atoms with Gasteiger partial charge in [0.1, 0.15) is 0 Å². The van der Waals surface area contributed by atoms with Crippen LogP contribution >= 0.6 is 0 Å². The fourth-order valence-corrected chi connectivity index (χ4v) is 4.20. The molecule has 7 nitrogen and oxygen atoms in total. The van der Waals surface area contributed by atoms with Crippen LogP contribution in [0.25, 0.3) is 0 Å². The van der Waals surface area contributed by atoms with Crippen LogP contribution in [0.3, 0.4) is 0 Å². The number of hydrogen-bond donors (Lipinski definition) is 2. The number of carbonyl (C=O) groups is 1. The highest BCUT2D eigenvalue weighted by Crippen LogP contribution is 2.23. The number of amides is 1. The van der Waals surface area contributed by atoms with E-state index in [1.54, 1.807) is 20.9 Å².